The van der Waals surface area contributed by atoms with Crippen LogP contribution in [0.3, 0.4) is 0 Å². The van der Waals surface area contributed by atoms with Crippen molar-refractivity contribution in [2.45, 2.75) is 50.2 Å². The number of rotatable bonds is 9. The Hall–Kier alpha value is -1.89. The molecule has 2 aromatic rings. The van der Waals surface area contributed by atoms with Gasteiger partial charge in [0.25, 0.3) is 5.91 Å². The maximum absolute atomic E-state index is 13.7. The van der Waals surface area contributed by atoms with Crippen molar-refractivity contribution in [3.05, 3.63) is 73.3 Å². The number of ether oxygens (including phenoxy) is 2. The van der Waals surface area contributed by atoms with Crippen LogP contribution in [-0.2, 0) is 20.9 Å². The van der Waals surface area contributed by atoms with Gasteiger partial charge in [-0.15, -0.1) is 0 Å². The van der Waals surface area contributed by atoms with Gasteiger partial charge >= 0.3 is 0 Å². The van der Waals surface area contributed by atoms with Crippen molar-refractivity contribution in [1.29, 1.82) is 0 Å². The third-order valence-electron chi connectivity index (χ3n) is 6.54. The topological polar surface area (TPSA) is 108 Å². The first-order chi connectivity index (χ1) is 18.3. The summed E-state index contributed by atoms with van der Waals surface area (Å²) in [4.78, 5) is 28.3. The molecule has 1 fully saturated rings. The standard InChI is InChI=1S/C27H29Cl2IN2O6/c28-18-8-7-16(12-19(18)29)15-32(27(36)23-6-3-11-37-23)21-13-17(26(35)31-9-10-33)14-24(25(21)34)38-22-5-2-1-4-20(22)30/h1-2,4-5,7-8,12,14,21,23-25,33-34H,3,6,9-11,13,15H2,(H,31,35). The van der Waals surface area contributed by atoms with Crippen molar-refractivity contribution in [3.8, 4) is 5.75 Å². The van der Waals surface area contributed by atoms with Crippen LogP contribution in [0.1, 0.15) is 24.8 Å². The maximum atomic E-state index is 13.7. The van der Waals surface area contributed by atoms with Crippen LogP contribution in [0.25, 0.3) is 0 Å². The average molecular weight is 675 g/mol. The second-order valence-corrected chi connectivity index (χ2v) is 11.1. The van der Waals surface area contributed by atoms with E-state index in [2.05, 4.69) is 27.9 Å². The molecule has 1 saturated heterocycles. The Morgan fingerprint density at radius 1 is 1.18 bits per heavy atom. The van der Waals surface area contributed by atoms with E-state index in [-0.39, 0.29) is 32.0 Å². The van der Waals surface area contributed by atoms with E-state index in [0.29, 0.717) is 40.0 Å². The number of aliphatic hydroxyl groups excluding tert-OH is 2. The molecule has 0 saturated carbocycles. The molecule has 204 valence electrons. The summed E-state index contributed by atoms with van der Waals surface area (Å²) in [6.45, 7) is 0.469. The number of nitrogens with one attached hydrogen (secondary N) is 1. The summed E-state index contributed by atoms with van der Waals surface area (Å²) < 4.78 is 12.7. The highest BCUT2D eigenvalue weighted by Gasteiger charge is 2.42. The molecule has 4 unspecified atom stereocenters. The van der Waals surface area contributed by atoms with E-state index >= 15 is 0 Å². The van der Waals surface area contributed by atoms with E-state index in [1.165, 1.54) is 0 Å². The van der Waals surface area contributed by atoms with E-state index in [9.17, 15) is 19.8 Å². The Balaban J connectivity index is 1.70. The normalized spacial score (nSPS) is 23.0. The molecular formula is C27H29Cl2IN2O6. The smallest absolute Gasteiger partial charge is 0.252 e. The number of aliphatic hydroxyl groups is 2. The zero-order chi connectivity index (χ0) is 27.2. The fourth-order valence-corrected chi connectivity index (χ4v) is 5.45. The summed E-state index contributed by atoms with van der Waals surface area (Å²) in [5, 5.41) is 24.2. The Labute approximate surface area is 245 Å². The molecule has 4 atom stereocenters. The molecule has 2 aromatic carbocycles. The first-order valence-electron chi connectivity index (χ1n) is 12.3. The van der Waals surface area contributed by atoms with Gasteiger partial charge in [0, 0.05) is 31.7 Å². The van der Waals surface area contributed by atoms with Crippen molar-refractivity contribution < 1.29 is 29.3 Å². The zero-order valence-electron chi connectivity index (χ0n) is 20.5. The van der Waals surface area contributed by atoms with Gasteiger partial charge in [-0.05, 0) is 71.3 Å². The Morgan fingerprint density at radius 3 is 2.66 bits per heavy atom. The molecule has 2 aliphatic rings. The van der Waals surface area contributed by atoms with Crippen LogP contribution in [0.15, 0.2) is 54.1 Å². The summed E-state index contributed by atoms with van der Waals surface area (Å²) in [5.74, 6) is -0.125. The van der Waals surface area contributed by atoms with Crippen molar-refractivity contribution in [2.24, 2.45) is 0 Å². The lowest BCUT2D eigenvalue weighted by atomic mass is 9.87. The minimum atomic E-state index is -1.14. The zero-order valence-corrected chi connectivity index (χ0v) is 24.2. The Morgan fingerprint density at radius 2 is 1.97 bits per heavy atom. The van der Waals surface area contributed by atoms with Crippen molar-refractivity contribution >= 4 is 57.6 Å². The molecule has 3 N–H and O–H groups in total. The Kier molecular flexibility index (Phi) is 10.3. The van der Waals surface area contributed by atoms with E-state index in [1.807, 2.05) is 18.2 Å². The number of nitrogens with zero attached hydrogens (tertiary/aromatic N) is 1. The number of benzene rings is 2. The van der Waals surface area contributed by atoms with Crippen molar-refractivity contribution in [2.75, 3.05) is 19.8 Å². The van der Waals surface area contributed by atoms with E-state index < -0.39 is 30.3 Å². The van der Waals surface area contributed by atoms with Gasteiger partial charge < -0.3 is 29.9 Å². The summed E-state index contributed by atoms with van der Waals surface area (Å²) in [5.41, 5.74) is 1.07. The molecule has 38 heavy (non-hydrogen) atoms. The number of hydrogen-bond acceptors (Lipinski definition) is 6. The van der Waals surface area contributed by atoms with Gasteiger partial charge in [-0.2, -0.15) is 0 Å². The van der Waals surface area contributed by atoms with Gasteiger partial charge in [-0.3, -0.25) is 9.59 Å². The van der Waals surface area contributed by atoms with Crippen LogP contribution in [-0.4, -0.2) is 71.0 Å². The predicted molar refractivity (Wildman–Crippen MR) is 152 cm³/mol. The molecule has 1 aliphatic heterocycles. The third-order valence-corrected chi connectivity index (χ3v) is 8.17. The van der Waals surface area contributed by atoms with Crippen LogP contribution in [0.2, 0.25) is 10.0 Å². The summed E-state index contributed by atoms with van der Waals surface area (Å²) >= 11 is 14.5. The molecular weight excluding hydrogens is 646 g/mol. The molecule has 11 heteroatoms. The van der Waals surface area contributed by atoms with Crippen molar-refractivity contribution in [3.63, 3.8) is 0 Å². The fraction of sp³-hybridized carbons (Fsp3) is 0.407. The lowest BCUT2D eigenvalue weighted by Crippen LogP contribution is -2.56. The van der Waals surface area contributed by atoms with Crippen molar-refractivity contribution in [1.82, 2.24) is 10.2 Å². The minimum absolute atomic E-state index is 0.0767. The predicted octanol–water partition coefficient (Wildman–Crippen LogP) is 3.72. The number of carbonyl (C=O) groups excluding carboxylic acids is 2. The number of para-hydroxylation sites is 1. The van der Waals surface area contributed by atoms with E-state index in [0.717, 1.165) is 9.99 Å². The number of halogens is 3. The van der Waals surface area contributed by atoms with Gasteiger partial charge in [-0.1, -0.05) is 41.4 Å². The Bertz CT molecular complexity index is 1190. The molecule has 1 aliphatic carbocycles. The third kappa shape index (κ3) is 7.00. The molecule has 1 heterocycles. The summed E-state index contributed by atoms with van der Waals surface area (Å²) in [6, 6.07) is 11.7. The molecule has 8 nitrogen and oxygen atoms in total. The van der Waals surface area contributed by atoms with Gasteiger partial charge in [0.1, 0.15) is 24.1 Å². The number of carbonyl (C=O) groups is 2. The molecule has 0 spiro atoms. The van der Waals surface area contributed by atoms with Crippen LogP contribution >= 0.6 is 45.8 Å². The average Bonchev–Trinajstić information content (AvgIpc) is 3.45. The molecule has 0 radical (unpaired) electrons. The SMILES string of the molecule is O=C(NCCO)C1=CC(Oc2ccccc2I)C(O)C(N(Cc2ccc(Cl)c(Cl)c2)C(=O)C2CCCO2)C1. The van der Waals surface area contributed by atoms with Crippen LogP contribution in [0, 0.1) is 3.57 Å². The maximum Gasteiger partial charge on any atom is 0.252 e. The minimum Gasteiger partial charge on any atom is -0.482 e. The van der Waals surface area contributed by atoms with Gasteiger partial charge in [0.15, 0.2) is 0 Å². The van der Waals surface area contributed by atoms with Crippen LogP contribution in [0.5, 0.6) is 5.75 Å². The van der Waals surface area contributed by atoms with Gasteiger partial charge in [-0.25, -0.2) is 0 Å². The van der Waals surface area contributed by atoms with Crippen LogP contribution in [0.4, 0.5) is 0 Å². The molecule has 4 rings (SSSR count). The highest BCUT2D eigenvalue weighted by molar-refractivity contribution is 14.1. The molecule has 0 bridgehead atoms. The first-order valence-corrected chi connectivity index (χ1v) is 14.2. The number of hydrogen-bond donors (Lipinski definition) is 3. The highest BCUT2D eigenvalue weighted by atomic mass is 127. The fourth-order valence-electron chi connectivity index (χ4n) is 4.62. The van der Waals surface area contributed by atoms with E-state index in [1.54, 1.807) is 35.2 Å². The molecule has 0 aromatic heterocycles. The first kappa shape index (κ1) is 29.1. The lowest BCUT2D eigenvalue weighted by Gasteiger charge is -2.41. The largest absolute Gasteiger partial charge is 0.482 e. The van der Waals surface area contributed by atoms with E-state index in [4.69, 9.17) is 32.7 Å². The monoisotopic (exact) mass is 674 g/mol. The number of amides is 2. The van der Waals surface area contributed by atoms with Crippen LogP contribution < -0.4 is 10.1 Å². The summed E-state index contributed by atoms with van der Waals surface area (Å²) in [7, 11) is 0. The summed E-state index contributed by atoms with van der Waals surface area (Å²) in [6.07, 6.45) is 0.312. The van der Waals surface area contributed by atoms with Gasteiger partial charge in [0.2, 0.25) is 5.91 Å². The lowest BCUT2D eigenvalue weighted by molar-refractivity contribution is -0.149. The second kappa shape index (κ2) is 13.5. The second-order valence-electron chi connectivity index (χ2n) is 9.16. The van der Waals surface area contributed by atoms with Gasteiger partial charge in [0.05, 0.1) is 26.3 Å². The highest BCUT2D eigenvalue weighted by Crippen LogP contribution is 2.32. The quantitative estimate of drug-likeness (QED) is 0.350. The molecule has 2 amide bonds.